The second-order valence-corrected chi connectivity index (χ2v) is 7.78. The molecule has 1 aliphatic heterocycles. The van der Waals surface area contributed by atoms with Gasteiger partial charge in [-0.15, -0.1) is 0 Å². The molecule has 106 valence electrons. The third-order valence-electron chi connectivity index (χ3n) is 3.32. The van der Waals surface area contributed by atoms with E-state index in [0.29, 0.717) is 22.5 Å². The summed E-state index contributed by atoms with van der Waals surface area (Å²) in [4.78, 5) is 0. The number of thioether (sulfide) groups is 2. The second-order valence-electron chi connectivity index (χ2n) is 4.60. The number of hydrogen-bond acceptors (Lipinski definition) is 4. The van der Waals surface area contributed by atoms with Crippen LogP contribution >= 0.6 is 35.1 Å². The number of hydrogen-bond donors (Lipinski definition) is 2. The average Bonchev–Trinajstić information content (AvgIpc) is 2.41. The van der Waals surface area contributed by atoms with Crippen molar-refractivity contribution >= 4 is 35.1 Å². The summed E-state index contributed by atoms with van der Waals surface area (Å²) >= 11 is 9.69. The summed E-state index contributed by atoms with van der Waals surface area (Å²) in [5, 5.41) is 1.08. The normalized spacial score (nSPS) is 25.3. The van der Waals surface area contributed by atoms with Gasteiger partial charge in [-0.1, -0.05) is 30.7 Å². The number of rotatable bonds is 4. The maximum atomic E-state index is 14.0. The van der Waals surface area contributed by atoms with Crippen molar-refractivity contribution in [3.8, 4) is 0 Å². The lowest BCUT2D eigenvalue weighted by Crippen LogP contribution is -2.48. The van der Waals surface area contributed by atoms with Crippen LogP contribution in [0.3, 0.4) is 0 Å². The van der Waals surface area contributed by atoms with E-state index in [1.54, 1.807) is 18.2 Å². The number of nitrogens with two attached hydrogens (primary N) is 1. The summed E-state index contributed by atoms with van der Waals surface area (Å²) in [5.41, 5.74) is 3.48. The molecule has 0 saturated carbocycles. The zero-order chi connectivity index (χ0) is 13.8. The lowest BCUT2D eigenvalue weighted by atomic mass is 10.0. The van der Waals surface area contributed by atoms with Gasteiger partial charge in [-0.3, -0.25) is 11.3 Å². The van der Waals surface area contributed by atoms with Crippen LogP contribution in [-0.2, 0) is 6.42 Å². The Balaban J connectivity index is 2.12. The van der Waals surface area contributed by atoms with Gasteiger partial charge in [-0.2, -0.15) is 23.5 Å². The van der Waals surface area contributed by atoms with Gasteiger partial charge in [-0.05, 0) is 18.1 Å². The fourth-order valence-electron chi connectivity index (χ4n) is 2.30. The Morgan fingerprint density at radius 3 is 2.89 bits per heavy atom. The Hall–Kier alpha value is 0.0600. The molecule has 6 heteroatoms. The van der Waals surface area contributed by atoms with Gasteiger partial charge in [0.15, 0.2) is 0 Å². The molecule has 1 saturated heterocycles. The maximum absolute atomic E-state index is 14.0. The Labute approximate surface area is 127 Å². The molecule has 2 rings (SSSR count). The topological polar surface area (TPSA) is 38.0 Å². The van der Waals surface area contributed by atoms with E-state index in [2.05, 4.69) is 12.3 Å². The third kappa shape index (κ3) is 3.79. The van der Waals surface area contributed by atoms with Crippen LogP contribution in [0, 0.1) is 5.82 Å². The third-order valence-corrected chi connectivity index (χ3v) is 6.86. The predicted octanol–water partition coefficient (Wildman–Crippen LogP) is 3.09. The number of nitrogens with one attached hydrogen (secondary N) is 1. The van der Waals surface area contributed by atoms with Crippen molar-refractivity contribution in [2.24, 2.45) is 5.84 Å². The van der Waals surface area contributed by atoms with Crippen LogP contribution in [0.15, 0.2) is 18.2 Å². The van der Waals surface area contributed by atoms with Crippen LogP contribution in [0.2, 0.25) is 5.02 Å². The fourth-order valence-corrected chi connectivity index (χ4v) is 5.44. The molecule has 3 N–H and O–H groups in total. The first-order chi connectivity index (χ1) is 9.13. The summed E-state index contributed by atoms with van der Waals surface area (Å²) in [7, 11) is 0. The molecule has 0 radical (unpaired) electrons. The Morgan fingerprint density at radius 2 is 2.21 bits per heavy atom. The van der Waals surface area contributed by atoms with E-state index in [1.807, 2.05) is 23.5 Å². The molecule has 1 aliphatic rings. The lowest BCUT2D eigenvalue weighted by Gasteiger charge is -2.34. The molecule has 0 spiro atoms. The molecule has 3 atom stereocenters. The Kier molecular flexibility index (Phi) is 5.84. The standard InChI is InChI=1S/C13H18ClFN2S2/c1-8-13(19-6-5-18-8)11(17-16)7-9-3-2-4-10(14)12(9)15/h2-4,8,11,13,17H,5-7,16H2,1H3. The van der Waals surface area contributed by atoms with E-state index in [0.717, 1.165) is 5.75 Å². The SMILES string of the molecule is CC1SCCSC1C(Cc1cccc(Cl)c1F)NN. The minimum atomic E-state index is -0.328. The molecule has 1 heterocycles. The zero-order valence-corrected chi connectivity index (χ0v) is 13.1. The van der Waals surface area contributed by atoms with E-state index < -0.39 is 0 Å². The smallest absolute Gasteiger partial charge is 0.145 e. The van der Waals surface area contributed by atoms with Gasteiger partial charge in [0.05, 0.1) is 5.02 Å². The van der Waals surface area contributed by atoms with Crippen LogP contribution in [0.25, 0.3) is 0 Å². The first kappa shape index (κ1) is 15.4. The number of benzene rings is 1. The second kappa shape index (κ2) is 7.18. The van der Waals surface area contributed by atoms with E-state index in [1.165, 1.54) is 5.75 Å². The van der Waals surface area contributed by atoms with Crippen molar-refractivity contribution in [3.05, 3.63) is 34.6 Å². The molecule has 19 heavy (non-hydrogen) atoms. The van der Waals surface area contributed by atoms with Crippen molar-refractivity contribution in [2.75, 3.05) is 11.5 Å². The molecule has 1 fully saturated rings. The molecular formula is C13H18ClFN2S2. The summed E-state index contributed by atoms with van der Waals surface area (Å²) in [6.07, 6.45) is 0.561. The summed E-state index contributed by atoms with van der Waals surface area (Å²) in [5.74, 6) is 7.64. The minimum Gasteiger partial charge on any atom is -0.271 e. The monoisotopic (exact) mass is 320 g/mol. The first-order valence-electron chi connectivity index (χ1n) is 6.25. The summed E-state index contributed by atoms with van der Waals surface area (Å²) < 4.78 is 14.0. The fraction of sp³-hybridized carbons (Fsp3) is 0.538. The molecular weight excluding hydrogens is 303 g/mol. The average molecular weight is 321 g/mol. The van der Waals surface area contributed by atoms with Gasteiger partial charge in [-0.25, -0.2) is 4.39 Å². The number of halogens is 2. The highest BCUT2D eigenvalue weighted by Crippen LogP contribution is 2.34. The molecule has 1 aromatic rings. The Morgan fingerprint density at radius 1 is 1.47 bits per heavy atom. The highest BCUT2D eigenvalue weighted by molar-refractivity contribution is 8.07. The van der Waals surface area contributed by atoms with Crippen LogP contribution in [0.5, 0.6) is 0 Å². The van der Waals surface area contributed by atoms with Crippen LogP contribution in [0.1, 0.15) is 12.5 Å². The highest BCUT2D eigenvalue weighted by atomic mass is 35.5. The summed E-state index contributed by atoms with van der Waals surface area (Å²) in [6, 6.07) is 5.18. The maximum Gasteiger partial charge on any atom is 0.145 e. The molecule has 2 nitrogen and oxygen atoms in total. The van der Waals surface area contributed by atoms with Crippen LogP contribution in [-0.4, -0.2) is 28.0 Å². The van der Waals surface area contributed by atoms with E-state index in [9.17, 15) is 4.39 Å². The van der Waals surface area contributed by atoms with Gasteiger partial charge >= 0.3 is 0 Å². The van der Waals surface area contributed by atoms with Gasteiger partial charge in [0.25, 0.3) is 0 Å². The summed E-state index contributed by atoms with van der Waals surface area (Å²) in [6.45, 7) is 2.21. The Bertz CT molecular complexity index is 433. The van der Waals surface area contributed by atoms with Crippen molar-refractivity contribution in [3.63, 3.8) is 0 Å². The van der Waals surface area contributed by atoms with Crippen LogP contribution < -0.4 is 11.3 Å². The highest BCUT2D eigenvalue weighted by Gasteiger charge is 2.30. The minimum absolute atomic E-state index is 0.0563. The van der Waals surface area contributed by atoms with E-state index in [-0.39, 0.29) is 16.9 Å². The molecule has 3 unspecified atom stereocenters. The van der Waals surface area contributed by atoms with E-state index in [4.69, 9.17) is 17.4 Å². The number of hydrazine groups is 1. The van der Waals surface area contributed by atoms with Crippen molar-refractivity contribution < 1.29 is 4.39 Å². The predicted molar refractivity (Wildman–Crippen MR) is 84.4 cm³/mol. The van der Waals surface area contributed by atoms with Crippen molar-refractivity contribution in [1.82, 2.24) is 5.43 Å². The quantitative estimate of drug-likeness (QED) is 0.660. The van der Waals surface area contributed by atoms with Gasteiger partial charge in [0.2, 0.25) is 0 Å². The van der Waals surface area contributed by atoms with Crippen molar-refractivity contribution in [2.45, 2.75) is 29.9 Å². The lowest BCUT2D eigenvalue weighted by molar-refractivity contribution is 0.489. The largest absolute Gasteiger partial charge is 0.271 e. The van der Waals surface area contributed by atoms with Gasteiger partial charge in [0, 0.05) is 28.0 Å². The zero-order valence-electron chi connectivity index (χ0n) is 10.7. The molecule has 0 bridgehead atoms. The molecule has 1 aromatic carbocycles. The molecule has 0 amide bonds. The van der Waals surface area contributed by atoms with Gasteiger partial charge < -0.3 is 0 Å². The van der Waals surface area contributed by atoms with Crippen molar-refractivity contribution in [1.29, 1.82) is 0 Å². The molecule has 0 aromatic heterocycles. The van der Waals surface area contributed by atoms with Gasteiger partial charge in [0.1, 0.15) is 5.82 Å². The molecule has 0 aliphatic carbocycles. The van der Waals surface area contributed by atoms with Crippen LogP contribution in [0.4, 0.5) is 4.39 Å². The first-order valence-corrected chi connectivity index (χ1v) is 8.73. The van der Waals surface area contributed by atoms with E-state index >= 15 is 0 Å².